The van der Waals surface area contributed by atoms with Crippen molar-refractivity contribution in [3.05, 3.63) is 35.2 Å². The second-order valence-electron chi connectivity index (χ2n) is 9.01. The Hall–Kier alpha value is -2.43. The van der Waals surface area contributed by atoms with Crippen LogP contribution in [0, 0.1) is 11.8 Å². The third kappa shape index (κ3) is 4.60. The van der Waals surface area contributed by atoms with Gasteiger partial charge in [0.25, 0.3) is 0 Å². The molecule has 0 aliphatic heterocycles. The second-order valence-corrected chi connectivity index (χ2v) is 9.01. The number of rotatable bonds is 5. The predicted octanol–water partition coefficient (Wildman–Crippen LogP) is 5.06. The lowest BCUT2D eigenvalue weighted by atomic mass is 9.85. The molecule has 1 aromatic heterocycles. The van der Waals surface area contributed by atoms with E-state index in [2.05, 4.69) is 5.32 Å². The van der Waals surface area contributed by atoms with E-state index in [0.29, 0.717) is 29.8 Å². The molecule has 0 spiro atoms. The Balaban J connectivity index is 1.70. The van der Waals surface area contributed by atoms with Crippen LogP contribution in [-0.4, -0.2) is 21.0 Å². The number of amides is 1. The number of anilines is 1. The van der Waals surface area contributed by atoms with Crippen LogP contribution in [0.2, 0.25) is 0 Å². The molecule has 0 unspecified atom stereocenters. The van der Waals surface area contributed by atoms with Crippen LogP contribution >= 0.6 is 0 Å². The van der Waals surface area contributed by atoms with Crippen molar-refractivity contribution in [1.82, 2.24) is 9.97 Å². The molecule has 1 amide bonds. The molecule has 1 saturated carbocycles. The molecular weight excluding hydrogens is 362 g/mol. The number of nitrogens with zero attached hydrogens (tertiary/aromatic N) is 2. The first-order valence-electron chi connectivity index (χ1n) is 11.0. The quantitative estimate of drug-likeness (QED) is 0.745. The van der Waals surface area contributed by atoms with Crippen molar-refractivity contribution in [3.8, 4) is 17.0 Å². The van der Waals surface area contributed by atoms with Crippen molar-refractivity contribution in [2.75, 3.05) is 5.32 Å². The average molecular weight is 394 g/mol. The lowest BCUT2D eigenvalue weighted by molar-refractivity contribution is -0.116. The van der Waals surface area contributed by atoms with Gasteiger partial charge in [0, 0.05) is 12.0 Å². The number of hydrogen-bond donors (Lipinski definition) is 2. The summed E-state index contributed by atoms with van der Waals surface area (Å²) >= 11 is 0. The molecule has 1 fully saturated rings. The number of fused-ring (bicyclic) bond motifs is 3. The fraction of sp³-hybridized carbons (Fsp3) is 0.542. The molecule has 154 valence electrons. The molecule has 29 heavy (non-hydrogen) atoms. The number of benzene rings is 1. The zero-order valence-corrected chi connectivity index (χ0v) is 17.5. The number of carbonyl (C=O) groups excluding carboxylic acids is 1. The molecule has 5 heteroatoms. The van der Waals surface area contributed by atoms with Crippen LogP contribution in [-0.2, 0) is 24.1 Å². The zero-order valence-electron chi connectivity index (χ0n) is 17.5. The molecule has 2 aliphatic rings. The second kappa shape index (κ2) is 8.52. The normalized spacial score (nSPS) is 16.4. The molecule has 4 rings (SSSR count). The molecule has 0 atom stereocenters. The van der Waals surface area contributed by atoms with Gasteiger partial charge in [-0.15, -0.1) is 0 Å². The summed E-state index contributed by atoms with van der Waals surface area (Å²) in [7, 11) is 0. The third-order valence-corrected chi connectivity index (χ3v) is 6.07. The number of aromatic nitrogens is 2. The summed E-state index contributed by atoms with van der Waals surface area (Å²) in [6.07, 6.45) is 9.28. The van der Waals surface area contributed by atoms with E-state index in [9.17, 15) is 9.90 Å². The number of aromatic hydroxyl groups is 1. The minimum Gasteiger partial charge on any atom is -0.508 e. The Morgan fingerprint density at radius 2 is 1.97 bits per heavy atom. The van der Waals surface area contributed by atoms with E-state index in [4.69, 9.17) is 9.97 Å². The van der Waals surface area contributed by atoms with E-state index in [1.165, 1.54) is 32.1 Å². The van der Waals surface area contributed by atoms with Crippen LogP contribution in [0.4, 0.5) is 5.82 Å². The van der Waals surface area contributed by atoms with Crippen LogP contribution < -0.4 is 5.32 Å². The first kappa shape index (κ1) is 19.9. The third-order valence-electron chi connectivity index (χ3n) is 6.07. The highest BCUT2D eigenvalue weighted by atomic mass is 16.3. The Labute approximate surface area is 173 Å². The van der Waals surface area contributed by atoms with Crippen molar-refractivity contribution in [1.29, 1.82) is 0 Å². The highest BCUT2D eigenvalue weighted by molar-refractivity contribution is 5.90. The maximum Gasteiger partial charge on any atom is 0.225 e. The van der Waals surface area contributed by atoms with Gasteiger partial charge in [0.05, 0.1) is 17.1 Å². The highest BCUT2D eigenvalue weighted by Gasteiger charge is 2.25. The monoisotopic (exact) mass is 393 g/mol. The van der Waals surface area contributed by atoms with Gasteiger partial charge in [-0.2, -0.15) is 0 Å². The molecule has 0 bridgehead atoms. The lowest BCUT2D eigenvalue weighted by Gasteiger charge is -2.24. The molecule has 2 aromatic rings. The summed E-state index contributed by atoms with van der Waals surface area (Å²) in [4.78, 5) is 22.4. The van der Waals surface area contributed by atoms with Crippen molar-refractivity contribution < 1.29 is 9.90 Å². The van der Waals surface area contributed by atoms with Gasteiger partial charge in [0.2, 0.25) is 5.91 Å². The lowest BCUT2D eigenvalue weighted by Crippen LogP contribution is -2.21. The Morgan fingerprint density at radius 3 is 2.72 bits per heavy atom. The van der Waals surface area contributed by atoms with E-state index in [0.717, 1.165) is 47.5 Å². The summed E-state index contributed by atoms with van der Waals surface area (Å²) in [5, 5.41) is 12.9. The molecule has 2 N–H and O–H groups in total. The van der Waals surface area contributed by atoms with Gasteiger partial charge in [-0.25, -0.2) is 9.97 Å². The fourth-order valence-electron chi connectivity index (χ4n) is 4.63. The first-order valence-corrected chi connectivity index (χ1v) is 11.0. The molecule has 5 nitrogen and oxygen atoms in total. The molecule has 0 radical (unpaired) electrons. The summed E-state index contributed by atoms with van der Waals surface area (Å²) in [5.74, 6) is 1.88. The Kier molecular flexibility index (Phi) is 5.84. The van der Waals surface area contributed by atoms with Crippen molar-refractivity contribution in [3.63, 3.8) is 0 Å². The summed E-state index contributed by atoms with van der Waals surface area (Å²) in [6.45, 7) is 4.10. The fourth-order valence-corrected chi connectivity index (χ4v) is 4.63. The predicted molar refractivity (Wildman–Crippen MR) is 115 cm³/mol. The van der Waals surface area contributed by atoms with Crippen molar-refractivity contribution in [2.45, 2.75) is 71.6 Å². The number of phenols is 1. The van der Waals surface area contributed by atoms with Crippen LogP contribution in [0.1, 0.15) is 69.3 Å². The van der Waals surface area contributed by atoms with Gasteiger partial charge in [0.1, 0.15) is 5.75 Å². The van der Waals surface area contributed by atoms with Crippen LogP contribution in [0.5, 0.6) is 5.75 Å². The number of aryl methyl sites for hydroxylation is 2. The smallest absolute Gasteiger partial charge is 0.225 e. The van der Waals surface area contributed by atoms with Gasteiger partial charge < -0.3 is 10.4 Å². The van der Waals surface area contributed by atoms with Crippen LogP contribution in [0.15, 0.2) is 18.2 Å². The molecule has 0 saturated heterocycles. The SMILES string of the molecule is CC(C)CC(=O)Nc1nc2c(nc1CC1CCCCC1)-c1ccc(O)cc1CC2. The molecule has 2 aliphatic carbocycles. The molecule has 1 heterocycles. The van der Waals surface area contributed by atoms with Crippen molar-refractivity contribution in [2.24, 2.45) is 11.8 Å². The Morgan fingerprint density at radius 1 is 1.17 bits per heavy atom. The van der Waals surface area contributed by atoms with Crippen molar-refractivity contribution >= 4 is 11.7 Å². The number of nitrogens with one attached hydrogen (secondary N) is 1. The molecular formula is C24H31N3O2. The van der Waals surface area contributed by atoms with E-state index < -0.39 is 0 Å². The summed E-state index contributed by atoms with van der Waals surface area (Å²) in [6, 6.07) is 5.49. The zero-order chi connectivity index (χ0) is 20.4. The van der Waals surface area contributed by atoms with E-state index in [-0.39, 0.29) is 5.91 Å². The maximum absolute atomic E-state index is 12.5. The van der Waals surface area contributed by atoms with Gasteiger partial charge in [-0.05, 0) is 54.9 Å². The summed E-state index contributed by atoms with van der Waals surface area (Å²) in [5.41, 5.74) is 4.94. The Bertz CT molecular complexity index is 901. The topological polar surface area (TPSA) is 75.1 Å². The van der Waals surface area contributed by atoms with Gasteiger partial charge in [-0.3, -0.25) is 4.79 Å². The average Bonchev–Trinajstić information content (AvgIpc) is 2.68. The van der Waals surface area contributed by atoms with Crippen LogP contribution in [0.3, 0.4) is 0 Å². The van der Waals surface area contributed by atoms with Gasteiger partial charge in [0.15, 0.2) is 5.82 Å². The standard InChI is InChI=1S/C24H31N3O2/c1-15(2)12-22(29)27-24-21(13-16-6-4-3-5-7-16)25-23-19-10-9-18(28)14-17(19)8-11-20(23)26-24/h9-10,14-16,28H,3-8,11-13H2,1-2H3,(H,26,27,29). The number of hydrogen-bond acceptors (Lipinski definition) is 4. The maximum atomic E-state index is 12.5. The van der Waals surface area contributed by atoms with Crippen LogP contribution in [0.25, 0.3) is 11.3 Å². The van der Waals surface area contributed by atoms with E-state index in [1.54, 1.807) is 6.07 Å². The van der Waals surface area contributed by atoms with E-state index >= 15 is 0 Å². The van der Waals surface area contributed by atoms with E-state index in [1.807, 2.05) is 26.0 Å². The largest absolute Gasteiger partial charge is 0.508 e. The molecule has 1 aromatic carbocycles. The first-order chi connectivity index (χ1) is 14.0. The van der Waals surface area contributed by atoms with Gasteiger partial charge >= 0.3 is 0 Å². The van der Waals surface area contributed by atoms with Gasteiger partial charge in [-0.1, -0.05) is 46.0 Å². The minimum absolute atomic E-state index is 0.0141. The minimum atomic E-state index is 0.0141. The number of phenolic OH excluding ortho intramolecular Hbond substituents is 1. The number of carbonyl (C=O) groups is 1. The summed E-state index contributed by atoms with van der Waals surface area (Å²) < 4.78 is 0. The highest BCUT2D eigenvalue weighted by Crippen LogP contribution is 2.36.